The quantitative estimate of drug-likeness (QED) is 0.845. The molecular formula is C19H22N2O4. The fourth-order valence-corrected chi connectivity index (χ4v) is 3.24. The van der Waals surface area contributed by atoms with Gasteiger partial charge in [-0.1, -0.05) is 29.4 Å². The number of aromatic nitrogens is 1. The zero-order valence-electron chi connectivity index (χ0n) is 14.5. The van der Waals surface area contributed by atoms with Gasteiger partial charge in [-0.15, -0.1) is 0 Å². The van der Waals surface area contributed by atoms with Crippen LogP contribution in [0.15, 0.2) is 28.8 Å². The Bertz CT molecular complexity index is 762. The largest absolute Gasteiger partial charge is 0.455 e. The molecule has 1 atom stereocenters. The second-order valence-corrected chi connectivity index (χ2v) is 6.35. The van der Waals surface area contributed by atoms with Gasteiger partial charge in [0, 0.05) is 5.56 Å². The van der Waals surface area contributed by atoms with Gasteiger partial charge in [0.15, 0.2) is 6.61 Å². The molecule has 1 aromatic carbocycles. The van der Waals surface area contributed by atoms with Gasteiger partial charge in [0.25, 0.3) is 5.91 Å². The van der Waals surface area contributed by atoms with E-state index in [-0.39, 0.29) is 25.0 Å². The lowest BCUT2D eigenvalue weighted by Crippen LogP contribution is -2.34. The molecule has 3 rings (SSSR count). The molecule has 1 aliphatic rings. The Morgan fingerprint density at radius 2 is 2.12 bits per heavy atom. The van der Waals surface area contributed by atoms with Crippen molar-refractivity contribution in [1.29, 1.82) is 0 Å². The zero-order valence-corrected chi connectivity index (χ0v) is 14.5. The molecule has 1 aliphatic carbocycles. The van der Waals surface area contributed by atoms with Crippen LogP contribution in [0.2, 0.25) is 0 Å². The van der Waals surface area contributed by atoms with Crippen molar-refractivity contribution < 1.29 is 18.8 Å². The molecule has 25 heavy (non-hydrogen) atoms. The number of fused-ring (bicyclic) bond motifs is 1. The topological polar surface area (TPSA) is 81.4 Å². The maximum atomic E-state index is 12.1. The van der Waals surface area contributed by atoms with Crippen molar-refractivity contribution in [3.05, 3.63) is 52.4 Å². The normalized spacial score (nSPS) is 16.2. The number of benzene rings is 1. The molecule has 2 aromatic rings. The Labute approximate surface area is 146 Å². The van der Waals surface area contributed by atoms with E-state index in [4.69, 9.17) is 9.26 Å². The molecule has 0 radical (unpaired) electrons. The van der Waals surface area contributed by atoms with Crippen LogP contribution in [-0.4, -0.2) is 23.6 Å². The molecule has 1 heterocycles. The van der Waals surface area contributed by atoms with Gasteiger partial charge in [-0.3, -0.25) is 9.59 Å². The van der Waals surface area contributed by atoms with Crippen LogP contribution >= 0.6 is 0 Å². The van der Waals surface area contributed by atoms with E-state index in [0.717, 1.165) is 24.8 Å². The van der Waals surface area contributed by atoms with Gasteiger partial charge in [0.05, 0.1) is 18.2 Å². The predicted octanol–water partition coefficient (Wildman–Crippen LogP) is 2.57. The summed E-state index contributed by atoms with van der Waals surface area (Å²) < 4.78 is 10.1. The number of carbonyl (C=O) groups excluding carboxylic acids is 2. The molecule has 1 amide bonds. The average Bonchev–Trinajstić information content (AvgIpc) is 2.92. The number of nitrogens with one attached hydrogen (secondary N) is 1. The monoisotopic (exact) mass is 342 g/mol. The molecule has 6 heteroatoms. The molecule has 1 N–H and O–H groups in total. The number of ether oxygens (including phenoxy) is 1. The second-order valence-electron chi connectivity index (χ2n) is 6.35. The lowest BCUT2D eigenvalue weighted by atomic mass is 9.88. The van der Waals surface area contributed by atoms with Crippen LogP contribution in [-0.2, 0) is 27.2 Å². The number of aryl methyl sites for hydroxylation is 3. The molecule has 0 saturated carbocycles. The first kappa shape index (κ1) is 17.2. The number of nitrogens with zero attached hydrogens (tertiary/aromatic N) is 1. The van der Waals surface area contributed by atoms with Crippen molar-refractivity contribution in [3.8, 4) is 0 Å². The first-order chi connectivity index (χ1) is 12.0. The first-order valence-corrected chi connectivity index (χ1v) is 8.49. The molecule has 0 spiro atoms. The van der Waals surface area contributed by atoms with Crippen molar-refractivity contribution in [2.45, 2.75) is 45.6 Å². The van der Waals surface area contributed by atoms with Crippen molar-refractivity contribution >= 4 is 11.9 Å². The van der Waals surface area contributed by atoms with Crippen molar-refractivity contribution in [3.63, 3.8) is 0 Å². The van der Waals surface area contributed by atoms with Crippen LogP contribution in [0.4, 0.5) is 0 Å². The van der Waals surface area contributed by atoms with Crippen LogP contribution in [0.1, 0.15) is 47.0 Å². The van der Waals surface area contributed by atoms with Gasteiger partial charge >= 0.3 is 5.97 Å². The van der Waals surface area contributed by atoms with E-state index >= 15 is 0 Å². The molecular weight excluding hydrogens is 320 g/mol. The molecule has 132 valence electrons. The minimum absolute atomic E-state index is 0.0151. The number of amides is 1. The van der Waals surface area contributed by atoms with Crippen LogP contribution in [0.3, 0.4) is 0 Å². The standard InChI is InChI=1S/C19H22N2O4/c1-12-16(13(2)25-21-12)10-19(23)24-11-18(22)20-17-9-5-7-14-6-3-4-8-15(14)17/h3-4,6,8,17H,5,7,9-11H2,1-2H3,(H,20,22). The molecule has 1 aromatic heterocycles. The summed E-state index contributed by atoms with van der Waals surface area (Å²) >= 11 is 0. The highest BCUT2D eigenvalue weighted by molar-refractivity contribution is 5.81. The van der Waals surface area contributed by atoms with Crippen LogP contribution in [0.25, 0.3) is 0 Å². The Balaban J connectivity index is 1.51. The first-order valence-electron chi connectivity index (χ1n) is 8.49. The lowest BCUT2D eigenvalue weighted by Gasteiger charge is -2.26. The highest BCUT2D eigenvalue weighted by Crippen LogP contribution is 2.29. The van der Waals surface area contributed by atoms with Gasteiger partial charge in [-0.05, 0) is 44.2 Å². The number of esters is 1. The smallest absolute Gasteiger partial charge is 0.310 e. The fraction of sp³-hybridized carbons (Fsp3) is 0.421. The van der Waals surface area contributed by atoms with Crippen molar-refractivity contribution in [2.75, 3.05) is 6.61 Å². The van der Waals surface area contributed by atoms with Crippen molar-refractivity contribution in [1.82, 2.24) is 10.5 Å². The Morgan fingerprint density at radius 1 is 1.32 bits per heavy atom. The molecule has 0 aliphatic heterocycles. The summed E-state index contributed by atoms with van der Waals surface area (Å²) in [6.45, 7) is 3.24. The van der Waals surface area contributed by atoms with Crippen LogP contribution in [0.5, 0.6) is 0 Å². The number of rotatable bonds is 5. The molecule has 1 unspecified atom stereocenters. The zero-order chi connectivity index (χ0) is 17.8. The number of hydrogen-bond donors (Lipinski definition) is 1. The van der Waals surface area contributed by atoms with E-state index in [9.17, 15) is 9.59 Å². The van der Waals surface area contributed by atoms with E-state index in [0.29, 0.717) is 17.0 Å². The van der Waals surface area contributed by atoms with Gasteiger partial charge in [0.2, 0.25) is 0 Å². The van der Waals surface area contributed by atoms with Crippen LogP contribution in [0, 0.1) is 13.8 Å². The minimum Gasteiger partial charge on any atom is -0.455 e. The Morgan fingerprint density at radius 3 is 2.88 bits per heavy atom. The summed E-state index contributed by atoms with van der Waals surface area (Å²) in [7, 11) is 0. The summed E-state index contributed by atoms with van der Waals surface area (Å²) in [6, 6.07) is 8.12. The third-order valence-electron chi connectivity index (χ3n) is 4.57. The molecule has 0 saturated heterocycles. The van der Waals surface area contributed by atoms with Gasteiger partial charge in [0.1, 0.15) is 5.76 Å². The highest BCUT2D eigenvalue weighted by atomic mass is 16.5. The van der Waals surface area contributed by atoms with Gasteiger partial charge in [-0.25, -0.2) is 0 Å². The maximum absolute atomic E-state index is 12.1. The highest BCUT2D eigenvalue weighted by Gasteiger charge is 2.22. The number of hydrogen-bond acceptors (Lipinski definition) is 5. The Hall–Kier alpha value is -2.63. The van der Waals surface area contributed by atoms with E-state index in [2.05, 4.69) is 16.5 Å². The summed E-state index contributed by atoms with van der Waals surface area (Å²) in [6.07, 6.45) is 3.03. The maximum Gasteiger partial charge on any atom is 0.310 e. The fourth-order valence-electron chi connectivity index (χ4n) is 3.24. The van der Waals surface area contributed by atoms with E-state index in [1.165, 1.54) is 5.56 Å². The minimum atomic E-state index is -0.464. The van der Waals surface area contributed by atoms with E-state index < -0.39 is 5.97 Å². The van der Waals surface area contributed by atoms with Crippen LogP contribution < -0.4 is 5.32 Å². The lowest BCUT2D eigenvalue weighted by molar-refractivity contribution is -0.148. The molecule has 0 fully saturated rings. The van der Waals surface area contributed by atoms with E-state index in [1.807, 2.05) is 18.2 Å². The third kappa shape index (κ3) is 4.07. The SMILES string of the molecule is Cc1noc(C)c1CC(=O)OCC(=O)NC1CCCc2ccccc21. The van der Waals surface area contributed by atoms with Crippen molar-refractivity contribution in [2.24, 2.45) is 0 Å². The second kappa shape index (κ2) is 7.51. The molecule has 6 nitrogen and oxygen atoms in total. The summed E-state index contributed by atoms with van der Waals surface area (Å²) in [5.74, 6) is -0.153. The van der Waals surface area contributed by atoms with Gasteiger partial charge < -0.3 is 14.6 Å². The predicted molar refractivity (Wildman–Crippen MR) is 90.9 cm³/mol. The Kier molecular flexibility index (Phi) is 5.16. The third-order valence-corrected chi connectivity index (χ3v) is 4.57. The van der Waals surface area contributed by atoms with Gasteiger partial charge in [-0.2, -0.15) is 0 Å². The summed E-state index contributed by atoms with van der Waals surface area (Å²) in [5.41, 5.74) is 3.81. The molecule has 0 bridgehead atoms. The average molecular weight is 342 g/mol. The van der Waals surface area contributed by atoms with E-state index in [1.54, 1.807) is 13.8 Å². The number of carbonyl (C=O) groups is 2. The summed E-state index contributed by atoms with van der Waals surface area (Å²) in [4.78, 5) is 24.1. The summed E-state index contributed by atoms with van der Waals surface area (Å²) in [5, 5.41) is 6.77.